The van der Waals surface area contributed by atoms with Crippen molar-refractivity contribution in [3.63, 3.8) is 0 Å². The summed E-state index contributed by atoms with van der Waals surface area (Å²) in [6.07, 6.45) is 4.81. The summed E-state index contributed by atoms with van der Waals surface area (Å²) < 4.78 is 23.3. The molecule has 96 valence electrons. The Labute approximate surface area is 99.2 Å². The molecule has 1 fully saturated rings. The summed E-state index contributed by atoms with van der Waals surface area (Å²) in [5.41, 5.74) is -0.113. The summed E-state index contributed by atoms with van der Waals surface area (Å²) in [4.78, 5) is 0. The molecule has 0 aromatic carbocycles. The van der Waals surface area contributed by atoms with E-state index in [0.29, 0.717) is 6.42 Å². The second-order valence-corrected chi connectivity index (χ2v) is 8.91. The molecule has 4 heteroatoms. The third-order valence-corrected chi connectivity index (χ3v) is 6.44. The maximum absolute atomic E-state index is 12.0. The number of rotatable bonds is 4. The fraction of sp³-hybridized carbons (Fsp3) is 1.00. The lowest BCUT2D eigenvalue weighted by Crippen LogP contribution is -2.33. The van der Waals surface area contributed by atoms with Gasteiger partial charge in [0.05, 0.1) is 10.5 Å². The highest BCUT2D eigenvalue weighted by atomic mass is 32.2. The number of aliphatic hydroxyl groups is 1. The number of hydrogen-bond acceptors (Lipinski definition) is 3. The maximum Gasteiger partial charge on any atom is 0.155 e. The lowest BCUT2D eigenvalue weighted by Gasteiger charge is -2.28. The Bertz CT molecular complexity index is 319. The monoisotopic (exact) mass is 248 g/mol. The Kier molecular flexibility index (Phi) is 4.06. The molecule has 0 saturated heterocycles. The van der Waals surface area contributed by atoms with Crippen LogP contribution in [0, 0.1) is 5.41 Å². The van der Waals surface area contributed by atoms with E-state index in [1.807, 2.05) is 0 Å². The van der Waals surface area contributed by atoms with Crippen LogP contribution in [0.5, 0.6) is 0 Å². The zero-order valence-corrected chi connectivity index (χ0v) is 11.4. The number of hydrogen-bond donors (Lipinski definition) is 1. The summed E-state index contributed by atoms with van der Waals surface area (Å²) in [6, 6.07) is 0. The van der Waals surface area contributed by atoms with Crippen LogP contribution in [0.4, 0.5) is 0 Å². The standard InChI is InChI=1S/C12H24O3S/c1-11(2,3)16(14,15)9-8-12(10-13)6-4-5-7-12/h13H,4-10H2,1-3H3. The van der Waals surface area contributed by atoms with E-state index in [0.717, 1.165) is 25.7 Å². The molecular formula is C12H24O3S. The van der Waals surface area contributed by atoms with E-state index in [1.54, 1.807) is 20.8 Å². The molecule has 0 bridgehead atoms. The van der Waals surface area contributed by atoms with E-state index in [-0.39, 0.29) is 17.8 Å². The molecule has 16 heavy (non-hydrogen) atoms. The van der Waals surface area contributed by atoms with Crippen molar-refractivity contribution >= 4 is 9.84 Å². The first-order chi connectivity index (χ1) is 7.22. The van der Waals surface area contributed by atoms with Crippen molar-refractivity contribution < 1.29 is 13.5 Å². The van der Waals surface area contributed by atoms with Crippen molar-refractivity contribution in [3.8, 4) is 0 Å². The molecule has 0 amide bonds. The average molecular weight is 248 g/mol. The van der Waals surface area contributed by atoms with Crippen LogP contribution < -0.4 is 0 Å². The van der Waals surface area contributed by atoms with E-state index in [9.17, 15) is 13.5 Å². The van der Waals surface area contributed by atoms with Gasteiger partial charge in [-0.2, -0.15) is 0 Å². The molecule has 0 radical (unpaired) electrons. The molecule has 0 aromatic rings. The minimum Gasteiger partial charge on any atom is -0.396 e. The summed E-state index contributed by atoms with van der Waals surface area (Å²) >= 11 is 0. The van der Waals surface area contributed by atoms with Gasteiger partial charge in [-0.3, -0.25) is 0 Å². The molecule has 1 aliphatic rings. The van der Waals surface area contributed by atoms with E-state index in [2.05, 4.69) is 0 Å². The Morgan fingerprint density at radius 1 is 1.19 bits per heavy atom. The predicted molar refractivity (Wildman–Crippen MR) is 66.1 cm³/mol. The third kappa shape index (κ3) is 2.98. The first kappa shape index (κ1) is 14.0. The second kappa shape index (κ2) is 4.65. The normalized spacial score (nSPS) is 21.2. The largest absolute Gasteiger partial charge is 0.396 e. The molecule has 3 nitrogen and oxygen atoms in total. The molecule has 0 aromatic heterocycles. The van der Waals surface area contributed by atoms with Crippen LogP contribution in [0.25, 0.3) is 0 Å². The minimum absolute atomic E-state index is 0.113. The maximum atomic E-state index is 12.0. The van der Waals surface area contributed by atoms with Gasteiger partial charge in [0.2, 0.25) is 0 Å². The van der Waals surface area contributed by atoms with Crippen LogP contribution in [-0.2, 0) is 9.84 Å². The summed E-state index contributed by atoms with van der Waals surface area (Å²) in [6.45, 7) is 5.35. The SMILES string of the molecule is CC(C)(C)S(=O)(=O)CCC1(CO)CCCC1. The molecule has 1 aliphatic carbocycles. The van der Waals surface area contributed by atoms with Gasteiger partial charge in [-0.05, 0) is 45.4 Å². The molecule has 1 rings (SSSR count). The van der Waals surface area contributed by atoms with E-state index < -0.39 is 14.6 Å². The third-order valence-electron chi connectivity index (χ3n) is 3.83. The Balaban J connectivity index is 2.64. The van der Waals surface area contributed by atoms with Crippen molar-refractivity contribution in [2.45, 2.75) is 57.6 Å². The molecule has 1 N–H and O–H groups in total. The molecular weight excluding hydrogens is 224 g/mol. The number of aliphatic hydroxyl groups excluding tert-OH is 1. The quantitative estimate of drug-likeness (QED) is 0.829. The zero-order valence-electron chi connectivity index (χ0n) is 10.6. The summed E-state index contributed by atoms with van der Waals surface area (Å²) in [5, 5.41) is 9.42. The summed E-state index contributed by atoms with van der Waals surface area (Å²) in [7, 11) is -3.04. The van der Waals surface area contributed by atoms with E-state index in [4.69, 9.17) is 0 Å². The Morgan fingerprint density at radius 3 is 2.06 bits per heavy atom. The van der Waals surface area contributed by atoms with Crippen molar-refractivity contribution in [2.75, 3.05) is 12.4 Å². The molecule has 0 spiro atoms. The second-order valence-electron chi connectivity index (χ2n) is 6.05. The molecule has 0 aliphatic heterocycles. The highest BCUT2D eigenvalue weighted by Crippen LogP contribution is 2.41. The van der Waals surface area contributed by atoms with E-state index in [1.165, 1.54) is 0 Å². The fourth-order valence-corrected chi connectivity index (χ4v) is 3.58. The van der Waals surface area contributed by atoms with Gasteiger partial charge < -0.3 is 5.11 Å². The minimum atomic E-state index is -3.04. The lowest BCUT2D eigenvalue weighted by atomic mass is 9.84. The van der Waals surface area contributed by atoms with Gasteiger partial charge in [0, 0.05) is 6.61 Å². The van der Waals surface area contributed by atoms with Gasteiger partial charge in [0.15, 0.2) is 9.84 Å². The van der Waals surface area contributed by atoms with Crippen LogP contribution in [0.1, 0.15) is 52.9 Å². The number of sulfone groups is 1. The zero-order chi connectivity index (χ0) is 12.4. The topological polar surface area (TPSA) is 54.4 Å². The van der Waals surface area contributed by atoms with Gasteiger partial charge in [-0.15, -0.1) is 0 Å². The predicted octanol–water partition coefficient (Wildman–Crippen LogP) is 2.14. The van der Waals surface area contributed by atoms with Gasteiger partial charge in [0.1, 0.15) is 0 Å². The van der Waals surface area contributed by atoms with Crippen molar-refractivity contribution in [2.24, 2.45) is 5.41 Å². The Morgan fingerprint density at radius 2 is 1.69 bits per heavy atom. The molecule has 0 heterocycles. The smallest absolute Gasteiger partial charge is 0.155 e. The Hall–Kier alpha value is -0.0900. The van der Waals surface area contributed by atoms with Gasteiger partial charge in [0.25, 0.3) is 0 Å². The highest BCUT2D eigenvalue weighted by Gasteiger charge is 2.37. The van der Waals surface area contributed by atoms with Crippen molar-refractivity contribution in [1.82, 2.24) is 0 Å². The van der Waals surface area contributed by atoms with Crippen LogP contribution >= 0.6 is 0 Å². The van der Waals surface area contributed by atoms with Crippen LogP contribution in [-0.4, -0.2) is 30.6 Å². The van der Waals surface area contributed by atoms with Gasteiger partial charge >= 0.3 is 0 Å². The van der Waals surface area contributed by atoms with Crippen molar-refractivity contribution in [3.05, 3.63) is 0 Å². The van der Waals surface area contributed by atoms with E-state index >= 15 is 0 Å². The lowest BCUT2D eigenvalue weighted by molar-refractivity contribution is 0.127. The molecule has 0 unspecified atom stereocenters. The summed E-state index contributed by atoms with van der Waals surface area (Å²) in [5.74, 6) is 0.205. The first-order valence-corrected chi connectivity index (χ1v) is 7.71. The van der Waals surface area contributed by atoms with Crippen molar-refractivity contribution in [1.29, 1.82) is 0 Å². The molecule has 0 atom stereocenters. The van der Waals surface area contributed by atoms with Crippen LogP contribution in [0.15, 0.2) is 0 Å². The fourth-order valence-electron chi connectivity index (χ4n) is 2.27. The van der Waals surface area contributed by atoms with Gasteiger partial charge in [-0.1, -0.05) is 12.8 Å². The average Bonchev–Trinajstić information content (AvgIpc) is 2.62. The van der Waals surface area contributed by atoms with Crippen LogP contribution in [0.2, 0.25) is 0 Å². The van der Waals surface area contributed by atoms with Crippen LogP contribution in [0.3, 0.4) is 0 Å². The first-order valence-electron chi connectivity index (χ1n) is 6.06. The highest BCUT2D eigenvalue weighted by molar-refractivity contribution is 7.92. The molecule has 1 saturated carbocycles. The van der Waals surface area contributed by atoms with Gasteiger partial charge in [-0.25, -0.2) is 8.42 Å².